The van der Waals surface area contributed by atoms with Gasteiger partial charge in [0.05, 0.1) is 35.1 Å². The number of aryl methyl sites for hydroxylation is 1. The number of fused-ring (bicyclic) bond motifs is 1. The lowest BCUT2D eigenvalue weighted by Gasteiger charge is -2.12. The zero-order valence-electron chi connectivity index (χ0n) is 18.4. The first-order chi connectivity index (χ1) is 16.5. The fourth-order valence-electron chi connectivity index (χ4n) is 3.64. The van der Waals surface area contributed by atoms with Crippen molar-refractivity contribution in [1.82, 2.24) is 29.5 Å². The first kappa shape index (κ1) is 21.6. The zero-order chi connectivity index (χ0) is 23.7. The molecule has 0 saturated heterocycles. The molecule has 2 aromatic carbocycles. The van der Waals surface area contributed by atoms with Crippen molar-refractivity contribution in [3.05, 3.63) is 83.4 Å². The predicted molar refractivity (Wildman–Crippen MR) is 129 cm³/mol. The number of hydrogen-bond donors (Lipinski definition) is 1. The molecule has 3 heterocycles. The van der Waals surface area contributed by atoms with Gasteiger partial charge in [-0.1, -0.05) is 23.7 Å². The van der Waals surface area contributed by atoms with E-state index in [9.17, 15) is 4.79 Å². The van der Waals surface area contributed by atoms with E-state index in [0.29, 0.717) is 51.3 Å². The van der Waals surface area contributed by atoms with Crippen LogP contribution in [-0.4, -0.2) is 42.0 Å². The van der Waals surface area contributed by atoms with Crippen LogP contribution in [0.1, 0.15) is 23.0 Å². The maximum absolute atomic E-state index is 13.1. The van der Waals surface area contributed by atoms with E-state index in [1.54, 1.807) is 52.0 Å². The molecule has 170 valence electrons. The van der Waals surface area contributed by atoms with E-state index in [1.807, 2.05) is 32.0 Å². The molecule has 0 aliphatic heterocycles. The predicted octanol–water partition coefficient (Wildman–Crippen LogP) is 4.61. The van der Waals surface area contributed by atoms with Gasteiger partial charge in [-0.05, 0) is 50.2 Å². The highest BCUT2D eigenvalue weighted by Gasteiger charge is 2.19. The topological polar surface area (TPSA) is 99.8 Å². The highest BCUT2D eigenvalue weighted by atomic mass is 35.5. The molecule has 1 N–H and O–H groups in total. The molecule has 0 unspecified atom stereocenters. The second-order valence-electron chi connectivity index (χ2n) is 7.43. The highest BCUT2D eigenvalue weighted by Crippen LogP contribution is 2.26. The van der Waals surface area contributed by atoms with Gasteiger partial charge in [-0.2, -0.15) is 14.9 Å². The molecule has 5 rings (SSSR count). The first-order valence-electron chi connectivity index (χ1n) is 10.6. The van der Waals surface area contributed by atoms with Crippen LogP contribution in [-0.2, 0) is 0 Å². The lowest BCUT2D eigenvalue weighted by atomic mass is 10.2. The van der Waals surface area contributed by atoms with Crippen LogP contribution in [0.2, 0.25) is 5.02 Å². The largest absolute Gasteiger partial charge is 0.493 e. The van der Waals surface area contributed by atoms with Gasteiger partial charge in [-0.15, -0.1) is 0 Å². The smallest absolute Gasteiger partial charge is 0.260 e. The van der Waals surface area contributed by atoms with Crippen molar-refractivity contribution in [2.75, 3.05) is 11.9 Å². The summed E-state index contributed by atoms with van der Waals surface area (Å²) in [6, 6.07) is 16.2. The quantitative estimate of drug-likeness (QED) is 0.386. The minimum atomic E-state index is -0.313. The minimum absolute atomic E-state index is 0.313. The van der Waals surface area contributed by atoms with E-state index in [4.69, 9.17) is 16.3 Å². The van der Waals surface area contributed by atoms with Gasteiger partial charge in [-0.3, -0.25) is 4.79 Å². The minimum Gasteiger partial charge on any atom is -0.493 e. The van der Waals surface area contributed by atoms with E-state index in [0.717, 1.165) is 5.69 Å². The van der Waals surface area contributed by atoms with Crippen LogP contribution in [0.5, 0.6) is 5.75 Å². The average molecular weight is 474 g/mol. The molecule has 3 aromatic heterocycles. The Morgan fingerprint density at radius 2 is 1.88 bits per heavy atom. The van der Waals surface area contributed by atoms with Crippen LogP contribution in [0, 0.1) is 6.92 Å². The molecule has 0 spiro atoms. The molecular weight excluding hydrogens is 454 g/mol. The molecule has 0 atom stereocenters. The lowest BCUT2D eigenvalue weighted by molar-refractivity contribution is 0.102. The van der Waals surface area contributed by atoms with Gasteiger partial charge in [0.1, 0.15) is 17.9 Å². The standard InChI is InChI=1S/C24H20ClN7O2/c1-3-34-20-7-5-4-6-18(20)24(33)29-21-12-15(2)30-32(21)23-19-13-28-31(22(19)26-14-27-23)17-10-8-16(25)9-11-17/h4-14H,3H2,1-2H3,(H,29,33). The summed E-state index contributed by atoms with van der Waals surface area (Å²) in [7, 11) is 0. The molecule has 0 saturated carbocycles. The Balaban J connectivity index is 1.54. The van der Waals surface area contributed by atoms with Gasteiger partial charge in [0.25, 0.3) is 5.91 Å². The summed E-state index contributed by atoms with van der Waals surface area (Å²) in [5.41, 5.74) is 2.55. The number of nitrogens with one attached hydrogen (secondary N) is 1. The molecule has 0 aliphatic rings. The third-order valence-corrected chi connectivity index (χ3v) is 5.37. The number of hydrogen-bond acceptors (Lipinski definition) is 6. The number of carbonyl (C=O) groups is 1. The number of benzene rings is 2. The summed E-state index contributed by atoms with van der Waals surface area (Å²) in [4.78, 5) is 21.9. The van der Waals surface area contributed by atoms with Crippen LogP contribution in [0.25, 0.3) is 22.5 Å². The molecule has 0 fully saturated rings. The van der Waals surface area contributed by atoms with Gasteiger partial charge in [0, 0.05) is 11.1 Å². The second-order valence-corrected chi connectivity index (χ2v) is 7.87. The van der Waals surface area contributed by atoms with Gasteiger partial charge in [0.15, 0.2) is 11.5 Å². The number of aromatic nitrogens is 6. The molecule has 0 radical (unpaired) electrons. The van der Waals surface area contributed by atoms with Crippen LogP contribution < -0.4 is 10.1 Å². The monoisotopic (exact) mass is 473 g/mol. The maximum Gasteiger partial charge on any atom is 0.260 e. The zero-order valence-corrected chi connectivity index (χ0v) is 19.2. The maximum atomic E-state index is 13.1. The van der Waals surface area contributed by atoms with E-state index in [-0.39, 0.29) is 5.91 Å². The summed E-state index contributed by atoms with van der Waals surface area (Å²) >= 11 is 6.02. The van der Waals surface area contributed by atoms with Crippen molar-refractivity contribution in [3.63, 3.8) is 0 Å². The molecule has 9 nitrogen and oxygen atoms in total. The van der Waals surface area contributed by atoms with E-state index < -0.39 is 0 Å². The van der Waals surface area contributed by atoms with E-state index in [1.165, 1.54) is 6.33 Å². The molecule has 10 heteroatoms. The molecule has 0 aliphatic carbocycles. The summed E-state index contributed by atoms with van der Waals surface area (Å²) in [5.74, 6) is 1.16. The van der Waals surface area contributed by atoms with Gasteiger partial charge < -0.3 is 10.1 Å². The number of anilines is 1. The fraction of sp³-hybridized carbons (Fsp3) is 0.125. The third-order valence-electron chi connectivity index (χ3n) is 5.12. The number of amides is 1. The number of carbonyl (C=O) groups excluding carboxylic acids is 1. The van der Waals surface area contributed by atoms with Crippen molar-refractivity contribution in [2.24, 2.45) is 0 Å². The fourth-order valence-corrected chi connectivity index (χ4v) is 3.77. The second kappa shape index (κ2) is 8.95. The van der Waals surface area contributed by atoms with Crippen molar-refractivity contribution < 1.29 is 9.53 Å². The molecule has 1 amide bonds. The highest BCUT2D eigenvalue weighted by molar-refractivity contribution is 6.30. The Labute approximate surface area is 200 Å². The number of halogens is 1. The Morgan fingerprint density at radius 1 is 1.09 bits per heavy atom. The Bertz CT molecular complexity index is 1490. The van der Waals surface area contributed by atoms with Crippen molar-refractivity contribution in [3.8, 4) is 17.3 Å². The lowest BCUT2D eigenvalue weighted by Crippen LogP contribution is -2.17. The summed E-state index contributed by atoms with van der Waals surface area (Å²) in [6.45, 7) is 4.17. The van der Waals surface area contributed by atoms with Crippen molar-refractivity contribution in [2.45, 2.75) is 13.8 Å². The van der Waals surface area contributed by atoms with Gasteiger partial charge in [0.2, 0.25) is 0 Å². The molecule has 0 bridgehead atoms. The Kier molecular flexibility index (Phi) is 5.69. The van der Waals surface area contributed by atoms with Crippen molar-refractivity contribution >= 4 is 34.4 Å². The Morgan fingerprint density at radius 3 is 2.68 bits per heavy atom. The molecule has 34 heavy (non-hydrogen) atoms. The first-order valence-corrected chi connectivity index (χ1v) is 11.0. The summed E-state index contributed by atoms with van der Waals surface area (Å²) in [6.07, 6.45) is 3.12. The van der Waals surface area contributed by atoms with Crippen LogP contribution in [0.3, 0.4) is 0 Å². The van der Waals surface area contributed by atoms with E-state index >= 15 is 0 Å². The number of rotatable bonds is 6. The number of ether oxygens (including phenoxy) is 1. The third kappa shape index (κ3) is 3.97. The summed E-state index contributed by atoms with van der Waals surface area (Å²) < 4.78 is 8.88. The Hall–Kier alpha value is -4.24. The molecular formula is C24H20ClN7O2. The van der Waals surface area contributed by atoms with Crippen molar-refractivity contribution in [1.29, 1.82) is 0 Å². The van der Waals surface area contributed by atoms with Gasteiger partial charge in [-0.25, -0.2) is 14.6 Å². The van der Waals surface area contributed by atoms with Crippen LogP contribution in [0.15, 0.2) is 67.1 Å². The summed E-state index contributed by atoms with van der Waals surface area (Å²) in [5, 5.41) is 13.3. The van der Waals surface area contributed by atoms with Crippen LogP contribution in [0.4, 0.5) is 5.82 Å². The average Bonchev–Trinajstić information content (AvgIpc) is 3.43. The van der Waals surface area contributed by atoms with E-state index in [2.05, 4.69) is 25.5 Å². The SMILES string of the molecule is CCOc1ccccc1C(=O)Nc1cc(C)nn1-c1ncnc2c1cnn2-c1ccc(Cl)cc1. The molecule has 5 aromatic rings. The number of para-hydroxylation sites is 1. The van der Waals surface area contributed by atoms with Gasteiger partial charge >= 0.3 is 0 Å². The normalized spacial score (nSPS) is 11.0. The number of nitrogens with zero attached hydrogens (tertiary/aromatic N) is 6. The van der Waals surface area contributed by atoms with Crippen LogP contribution >= 0.6 is 11.6 Å².